The van der Waals surface area contributed by atoms with Gasteiger partial charge in [0, 0.05) is 6.07 Å². The van der Waals surface area contributed by atoms with Crippen LogP contribution in [0.4, 0.5) is 17.6 Å². The van der Waals surface area contributed by atoms with Gasteiger partial charge in [-0.05, 0) is 30.0 Å². The maximum atomic E-state index is 12.1. The normalized spacial score (nSPS) is 11.2. The minimum Gasteiger partial charge on any atom is -0.435 e. The molecule has 0 aliphatic carbocycles. The summed E-state index contributed by atoms with van der Waals surface area (Å²) in [5.41, 5.74) is 0.520. The van der Waals surface area contributed by atoms with Gasteiger partial charge < -0.3 is 9.47 Å². The minimum atomic E-state index is -3.03. The lowest BCUT2D eigenvalue weighted by atomic mass is 10.0. The van der Waals surface area contributed by atoms with Crippen molar-refractivity contribution in [1.82, 2.24) is 0 Å². The highest BCUT2D eigenvalue weighted by Gasteiger charge is 2.12. The van der Waals surface area contributed by atoms with Crippen LogP contribution >= 0.6 is 0 Å². The van der Waals surface area contributed by atoms with Gasteiger partial charge in [-0.2, -0.15) is 17.6 Å². The molecule has 19 heavy (non-hydrogen) atoms. The Balaban J connectivity index is 2.97. The van der Waals surface area contributed by atoms with Crippen LogP contribution in [0, 0.1) is 5.92 Å². The highest BCUT2D eigenvalue weighted by molar-refractivity contribution is 5.40. The third-order valence-corrected chi connectivity index (χ3v) is 2.22. The molecule has 0 heterocycles. The van der Waals surface area contributed by atoms with Gasteiger partial charge in [-0.3, -0.25) is 0 Å². The predicted octanol–water partition coefficient (Wildman–Crippen LogP) is 4.21. The van der Waals surface area contributed by atoms with Crippen molar-refractivity contribution >= 4 is 0 Å². The van der Waals surface area contributed by atoms with E-state index in [0.717, 1.165) is 12.0 Å². The summed E-state index contributed by atoms with van der Waals surface area (Å²) in [6, 6.07) is 3.68. The summed E-state index contributed by atoms with van der Waals surface area (Å²) >= 11 is 0. The zero-order chi connectivity index (χ0) is 14.4. The molecule has 0 bridgehead atoms. The third-order valence-electron chi connectivity index (χ3n) is 2.22. The van der Waals surface area contributed by atoms with Gasteiger partial charge in [-0.15, -0.1) is 6.58 Å². The summed E-state index contributed by atoms with van der Waals surface area (Å²) in [6.07, 6.45) is 1.97. The summed E-state index contributed by atoms with van der Waals surface area (Å²) in [4.78, 5) is 0. The van der Waals surface area contributed by atoms with Crippen LogP contribution in [0.15, 0.2) is 30.9 Å². The predicted molar refractivity (Wildman–Crippen MR) is 62.5 cm³/mol. The van der Waals surface area contributed by atoms with Crippen molar-refractivity contribution in [2.24, 2.45) is 0 Å². The van der Waals surface area contributed by atoms with Gasteiger partial charge in [0.1, 0.15) is 11.5 Å². The lowest BCUT2D eigenvalue weighted by Crippen LogP contribution is -2.06. The van der Waals surface area contributed by atoms with Crippen LogP contribution in [0.5, 0.6) is 11.5 Å². The fraction of sp³-hybridized carbons (Fsp3) is 0.308. The Labute approximate surface area is 108 Å². The molecule has 0 unspecified atom stereocenters. The van der Waals surface area contributed by atoms with E-state index in [4.69, 9.17) is 0 Å². The van der Waals surface area contributed by atoms with E-state index in [1.807, 2.05) is 0 Å². The van der Waals surface area contributed by atoms with Crippen molar-refractivity contribution in [3.05, 3.63) is 42.3 Å². The molecule has 2 nitrogen and oxygen atoms in total. The lowest BCUT2D eigenvalue weighted by molar-refractivity contribution is -0.0543. The van der Waals surface area contributed by atoms with Gasteiger partial charge >= 0.3 is 13.2 Å². The van der Waals surface area contributed by atoms with Crippen molar-refractivity contribution in [1.29, 1.82) is 0 Å². The molecule has 0 N–H and O–H groups in total. The Morgan fingerprint density at radius 3 is 1.95 bits per heavy atom. The molecule has 0 saturated carbocycles. The molecule has 6 heteroatoms. The molecule has 1 radical (unpaired) electrons. The minimum absolute atomic E-state index is 0.222. The number of benzene rings is 1. The molecule has 0 aromatic heterocycles. The van der Waals surface area contributed by atoms with Crippen LogP contribution in [0.3, 0.4) is 0 Å². The standard InChI is InChI=1S/C13H13F4O2/c1-3-8(2)4-9-5-10(18-12(14)15)7-11(6-9)19-13(16)17/h3,5-7,12-13H,1,4H2,2H3. The molecule has 0 amide bonds. The zero-order valence-corrected chi connectivity index (χ0v) is 10.2. The van der Waals surface area contributed by atoms with Crippen LogP contribution in [-0.4, -0.2) is 13.2 Å². The molecule has 0 aliphatic rings. The van der Waals surface area contributed by atoms with Crippen molar-refractivity contribution < 1.29 is 27.0 Å². The van der Waals surface area contributed by atoms with Crippen molar-refractivity contribution in [2.45, 2.75) is 26.6 Å². The first-order valence-electron chi connectivity index (χ1n) is 5.39. The fourth-order valence-electron chi connectivity index (χ4n) is 1.47. The molecule has 0 aliphatic heterocycles. The van der Waals surface area contributed by atoms with Gasteiger partial charge in [0.15, 0.2) is 0 Å². The van der Waals surface area contributed by atoms with E-state index in [9.17, 15) is 17.6 Å². The average molecular weight is 277 g/mol. The molecule has 0 spiro atoms. The lowest BCUT2D eigenvalue weighted by Gasteiger charge is -2.12. The van der Waals surface area contributed by atoms with E-state index in [0.29, 0.717) is 12.0 Å². The van der Waals surface area contributed by atoms with Crippen LogP contribution in [-0.2, 0) is 6.42 Å². The summed E-state index contributed by atoms with van der Waals surface area (Å²) in [5.74, 6) is 0.414. The number of allylic oxidation sites excluding steroid dienone is 1. The first kappa shape index (κ1) is 15.3. The van der Waals surface area contributed by atoms with Gasteiger partial charge in [0.05, 0.1) is 0 Å². The summed E-state index contributed by atoms with van der Waals surface area (Å²) < 4.78 is 57.0. The van der Waals surface area contributed by atoms with Crippen molar-refractivity contribution in [3.8, 4) is 11.5 Å². The van der Waals surface area contributed by atoms with Crippen LogP contribution in [0.2, 0.25) is 0 Å². The quantitative estimate of drug-likeness (QED) is 0.695. The van der Waals surface area contributed by atoms with E-state index in [-0.39, 0.29) is 11.5 Å². The molecule has 1 rings (SSSR count). The molecular weight excluding hydrogens is 264 g/mol. The Morgan fingerprint density at radius 2 is 1.58 bits per heavy atom. The van der Waals surface area contributed by atoms with E-state index in [1.165, 1.54) is 12.1 Å². The van der Waals surface area contributed by atoms with Gasteiger partial charge in [0.25, 0.3) is 0 Å². The Hall–Kier alpha value is -1.72. The smallest absolute Gasteiger partial charge is 0.387 e. The zero-order valence-electron chi connectivity index (χ0n) is 10.2. The largest absolute Gasteiger partial charge is 0.435 e. The van der Waals surface area contributed by atoms with Gasteiger partial charge in [0.2, 0.25) is 0 Å². The number of hydrogen-bond acceptors (Lipinski definition) is 2. The van der Waals surface area contributed by atoms with E-state index < -0.39 is 13.2 Å². The number of ether oxygens (including phenoxy) is 2. The number of halogens is 4. The maximum absolute atomic E-state index is 12.1. The van der Waals surface area contributed by atoms with Crippen LogP contribution < -0.4 is 9.47 Å². The Bertz CT molecular complexity index is 393. The number of alkyl halides is 4. The van der Waals surface area contributed by atoms with E-state index in [1.54, 1.807) is 13.0 Å². The Kier molecular flexibility index (Phi) is 5.66. The maximum Gasteiger partial charge on any atom is 0.387 e. The van der Waals surface area contributed by atoms with Crippen molar-refractivity contribution in [2.75, 3.05) is 0 Å². The molecule has 0 fully saturated rings. The van der Waals surface area contributed by atoms with Gasteiger partial charge in [-0.1, -0.05) is 13.0 Å². The van der Waals surface area contributed by atoms with E-state index in [2.05, 4.69) is 16.1 Å². The molecule has 105 valence electrons. The van der Waals surface area contributed by atoms with Crippen LogP contribution in [0.1, 0.15) is 12.5 Å². The second kappa shape index (κ2) is 7.01. The summed E-state index contributed by atoms with van der Waals surface area (Å²) in [5, 5.41) is 0. The van der Waals surface area contributed by atoms with Crippen molar-refractivity contribution in [3.63, 3.8) is 0 Å². The van der Waals surface area contributed by atoms with Gasteiger partial charge in [-0.25, -0.2) is 0 Å². The third kappa shape index (κ3) is 5.63. The van der Waals surface area contributed by atoms with E-state index >= 15 is 0 Å². The molecule has 0 atom stereocenters. The monoisotopic (exact) mass is 277 g/mol. The first-order valence-corrected chi connectivity index (χ1v) is 5.39. The highest BCUT2D eigenvalue weighted by atomic mass is 19.3. The molecule has 1 aromatic rings. The average Bonchev–Trinajstić information content (AvgIpc) is 2.26. The second-order valence-corrected chi connectivity index (χ2v) is 3.80. The molecule has 1 aromatic carbocycles. The second-order valence-electron chi connectivity index (χ2n) is 3.80. The SMILES string of the molecule is C=C[C](C)Cc1cc(OC(F)F)cc(OC(F)F)c1. The summed E-state index contributed by atoms with van der Waals surface area (Å²) in [6.45, 7) is -0.719. The fourth-order valence-corrected chi connectivity index (χ4v) is 1.47. The number of rotatable bonds is 7. The first-order chi connectivity index (χ1) is 8.90. The molecular formula is C13H13F4O2. The summed E-state index contributed by atoms with van der Waals surface area (Å²) in [7, 11) is 0. The highest BCUT2D eigenvalue weighted by Crippen LogP contribution is 2.27. The van der Waals surface area contributed by atoms with Crippen LogP contribution in [0.25, 0.3) is 0 Å². The number of hydrogen-bond donors (Lipinski definition) is 0. The topological polar surface area (TPSA) is 18.5 Å². The Morgan fingerprint density at radius 1 is 1.11 bits per heavy atom. The molecule has 0 saturated heterocycles.